The monoisotopic (exact) mass is 218 g/mol. The maximum absolute atomic E-state index is 11.8. The second-order valence-electron chi connectivity index (χ2n) is 4.42. The van der Waals surface area contributed by atoms with Crippen LogP contribution in [0.5, 0.6) is 0 Å². The van der Waals surface area contributed by atoms with Crippen LogP contribution in [0, 0.1) is 6.92 Å². The lowest BCUT2D eigenvalue weighted by molar-refractivity contribution is -0.119. The number of ketones is 1. The normalized spacial score (nSPS) is 18.0. The number of nitrogens with two attached hydrogens (primary N) is 1. The van der Waals surface area contributed by atoms with E-state index in [0.717, 1.165) is 18.5 Å². The molecule has 3 nitrogen and oxygen atoms in total. The molecule has 0 radical (unpaired) electrons. The lowest BCUT2D eigenvalue weighted by Crippen LogP contribution is -2.27. The topological polar surface area (TPSA) is 55.1 Å². The van der Waals surface area contributed by atoms with Gasteiger partial charge in [-0.25, -0.2) is 0 Å². The van der Waals surface area contributed by atoms with Crippen LogP contribution < -0.4 is 11.1 Å². The number of aryl methyl sites for hydroxylation is 1. The smallest absolute Gasteiger partial charge is 0.155 e. The van der Waals surface area contributed by atoms with Crippen LogP contribution >= 0.6 is 0 Å². The zero-order valence-corrected chi connectivity index (χ0v) is 9.62. The molecule has 1 heterocycles. The van der Waals surface area contributed by atoms with Crippen LogP contribution in [0.4, 0.5) is 5.69 Å². The van der Waals surface area contributed by atoms with Crippen LogP contribution in [0.1, 0.15) is 24.0 Å². The molecular weight excluding hydrogens is 200 g/mol. The Bertz CT molecular complexity index is 401. The minimum absolute atomic E-state index is 0.0386. The summed E-state index contributed by atoms with van der Waals surface area (Å²) >= 11 is 0. The molecule has 0 aromatic heterocycles. The van der Waals surface area contributed by atoms with Gasteiger partial charge in [0.2, 0.25) is 0 Å². The third-order valence-corrected chi connectivity index (χ3v) is 3.03. The molecule has 86 valence electrons. The van der Waals surface area contributed by atoms with E-state index in [2.05, 4.69) is 30.4 Å². The Hall–Kier alpha value is -1.35. The predicted molar refractivity (Wildman–Crippen MR) is 65.6 cm³/mol. The summed E-state index contributed by atoms with van der Waals surface area (Å²) in [5.74, 6) is 0.277. The number of nitrogens with one attached hydrogen (secondary N) is 1. The van der Waals surface area contributed by atoms with Gasteiger partial charge in [0.05, 0.1) is 6.04 Å². The molecule has 0 saturated heterocycles. The highest BCUT2D eigenvalue weighted by atomic mass is 16.1. The minimum atomic E-state index is -0.0386. The van der Waals surface area contributed by atoms with Gasteiger partial charge >= 0.3 is 0 Å². The number of fused-ring (bicyclic) bond motifs is 1. The van der Waals surface area contributed by atoms with Crippen molar-refractivity contribution in [3.05, 3.63) is 29.3 Å². The van der Waals surface area contributed by atoms with E-state index in [1.807, 2.05) is 0 Å². The first-order valence-corrected chi connectivity index (χ1v) is 5.79. The van der Waals surface area contributed by atoms with Gasteiger partial charge in [-0.1, -0.05) is 17.7 Å². The van der Waals surface area contributed by atoms with Crippen LogP contribution in [-0.2, 0) is 11.2 Å². The van der Waals surface area contributed by atoms with E-state index < -0.39 is 0 Å². The zero-order chi connectivity index (χ0) is 11.5. The second kappa shape index (κ2) is 4.66. The molecule has 3 N–H and O–H groups in total. The van der Waals surface area contributed by atoms with Crippen molar-refractivity contribution in [3.8, 4) is 0 Å². The van der Waals surface area contributed by atoms with Crippen LogP contribution in [-0.4, -0.2) is 18.4 Å². The second-order valence-corrected chi connectivity index (χ2v) is 4.42. The molecule has 0 bridgehead atoms. The molecule has 2 rings (SSSR count). The molecule has 1 aliphatic rings. The third kappa shape index (κ3) is 2.25. The van der Waals surface area contributed by atoms with Gasteiger partial charge in [-0.3, -0.25) is 4.79 Å². The summed E-state index contributed by atoms with van der Waals surface area (Å²) in [5.41, 5.74) is 9.02. The molecule has 16 heavy (non-hydrogen) atoms. The Balaban J connectivity index is 2.02. The first-order valence-electron chi connectivity index (χ1n) is 5.79. The summed E-state index contributed by atoms with van der Waals surface area (Å²) < 4.78 is 0. The fourth-order valence-corrected chi connectivity index (χ4v) is 2.14. The Morgan fingerprint density at radius 3 is 3.12 bits per heavy atom. The van der Waals surface area contributed by atoms with Crippen molar-refractivity contribution >= 4 is 11.5 Å². The summed E-state index contributed by atoms with van der Waals surface area (Å²) in [7, 11) is 0. The average Bonchev–Trinajstić information content (AvgIpc) is 2.68. The first-order chi connectivity index (χ1) is 7.70. The number of benzene rings is 1. The first kappa shape index (κ1) is 11.1. The fourth-order valence-electron chi connectivity index (χ4n) is 2.14. The molecule has 1 aromatic carbocycles. The van der Waals surface area contributed by atoms with E-state index >= 15 is 0 Å². The van der Waals surface area contributed by atoms with Crippen LogP contribution in [0.3, 0.4) is 0 Å². The highest BCUT2D eigenvalue weighted by Gasteiger charge is 2.25. The van der Waals surface area contributed by atoms with Crippen molar-refractivity contribution in [1.82, 2.24) is 0 Å². The Morgan fingerprint density at radius 1 is 1.56 bits per heavy atom. The summed E-state index contributed by atoms with van der Waals surface area (Å²) in [6.07, 6.45) is 2.19. The SMILES string of the molecule is Cc1ccc2c(c1)C[C@@H](C(=O)CCCN)N2. The molecule has 0 fully saturated rings. The van der Waals surface area contributed by atoms with Crippen molar-refractivity contribution in [3.63, 3.8) is 0 Å². The van der Waals surface area contributed by atoms with E-state index in [1.54, 1.807) is 0 Å². The fraction of sp³-hybridized carbons (Fsp3) is 0.462. The third-order valence-electron chi connectivity index (χ3n) is 3.03. The van der Waals surface area contributed by atoms with Crippen molar-refractivity contribution in [2.45, 2.75) is 32.2 Å². The van der Waals surface area contributed by atoms with Gasteiger partial charge in [-0.05, 0) is 31.5 Å². The van der Waals surface area contributed by atoms with Gasteiger partial charge in [0.15, 0.2) is 5.78 Å². The lowest BCUT2D eigenvalue weighted by atomic mass is 10.0. The average molecular weight is 218 g/mol. The summed E-state index contributed by atoms with van der Waals surface area (Å²) in [5, 5.41) is 3.28. The standard InChI is InChI=1S/C13H18N2O/c1-9-4-5-11-10(7-9)8-12(15-11)13(16)3-2-6-14/h4-5,7,12,15H,2-3,6,8,14H2,1H3/t12-/m0/s1. The van der Waals surface area contributed by atoms with Gasteiger partial charge in [0.1, 0.15) is 0 Å². The van der Waals surface area contributed by atoms with Crippen molar-refractivity contribution in [2.75, 3.05) is 11.9 Å². The van der Waals surface area contributed by atoms with Crippen LogP contribution in [0.25, 0.3) is 0 Å². The number of hydrogen-bond donors (Lipinski definition) is 2. The van der Waals surface area contributed by atoms with Crippen molar-refractivity contribution in [1.29, 1.82) is 0 Å². The molecule has 0 amide bonds. The Kier molecular flexibility index (Phi) is 3.25. The van der Waals surface area contributed by atoms with Crippen molar-refractivity contribution in [2.24, 2.45) is 5.73 Å². The summed E-state index contributed by atoms with van der Waals surface area (Å²) in [6.45, 7) is 2.66. The molecular formula is C13H18N2O. The molecule has 0 saturated carbocycles. The van der Waals surface area contributed by atoms with E-state index in [-0.39, 0.29) is 11.8 Å². The predicted octanol–water partition coefficient (Wildman–Crippen LogP) is 1.64. The molecule has 3 heteroatoms. The molecule has 0 aliphatic carbocycles. The lowest BCUT2D eigenvalue weighted by Gasteiger charge is -2.09. The van der Waals surface area contributed by atoms with Crippen molar-refractivity contribution < 1.29 is 4.79 Å². The largest absolute Gasteiger partial charge is 0.375 e. The number of anilines is 1. The highest BCUT2D eigenvalue weighted by molar-refractivity contribution is 5.89. The van der Waals surface area contributed by atoms with Crippen LogP contribution in [0.2, 0.25) is 0 Å². The van der Waals surface area contributed by atoms with Gasteiger partial charge in [0.25, 0.3) is 0 Å². The molecule has 1 aliphatic heterocycles. The minimum Gasteiger partial charge on any atom is -0.375 e. The molecule has 1 aromatic rings. The number of carbonyl (C=O) groups is 1. The van der Waals surface area contributed by atoms with E-state index in [1.165, 1.54) is 11.1 Å². The van der Waals surface area contributed by atoms with Gasteiger partial charge < -0.3 is 11.1 Å². The quantitative estimate of drug-likeness (QED) is 0.807. The maximum atomic E-state index is 11.8. The molecule has 1 atom stereocenters. The molecule has 0 unspecified atom stereocenters. The summed E-state index contributed by atoms with van der Waals surface area (Å²) in [4.78, 5) is 11.8. The number of hydrogen-bond acceptors (Lipinski definition) is 3. The Morgan fingerprint density at radius 2 is 2.38 bits per heavy atom. The van der Waals surface area contributed by atoms with Gasteiger partial charge in [0, 0.05) is 18.5 Å². The zero-order valence-electron chi connectivity index (χ0n) is 9.62. The molecule has 0 spiro atoms. The summed E-state index contributed by atoms with van der Waals surface area (Å²) in [6, 6.07) is 6.24. The van der Waals surface area contributed by atoms with E-state index in [4.69, 9.17) is 5.73 Å². The van der Waals surface area contributed by atoms with E-state index in [9.17, 15) is 4.79 Å². The Labute approximate surface area is 96.0 Å². The van der Waals surface area contributed by atoms with Gasteiger partial charge in [-0.2, -0.15) is 0 Å². The van der Waals surface area contributed by atoms with Crippen LogP contribution in [0.15, 0.2) is 18.2 Å². The maximum Gasteiger partial charge on any atom is 0.155 e. The number of carbonyl (C=O) groups excluding carboxylic acids is 1. The highest BCUT2D eigenvalue weighted by Crippen LogP contribution is 2.27. The number of rotatable bonds is 4. The van der Waals surface area contributed by atoms with E-state index in [0.29, 0.717) is 13.0 Å². The number of Topliss-reactive ketones (excluding diaryl/α,β-unsaturated/α-hetero) is 1. The van der Waals surface area contributed by atoms with Gasteiger partial charge in [-0.15, -0.1) is 0 Å².